The van der Waals surface area contributed by atoms with Gasteiger partial charge in [0, 0.05) is 37.4 Å². The molecule has 0 unspecified atom stereocenters. The monoisotopic (exact) mass is 513 g/mol. The average molecular weight is 514 g/mol. The lowest BCUT2D eigenvalue weighted by molar-refractivity contribution is -0.125. The van der Waals surface area contributed by atoms with E-state index in [2.05, 4.69) is 17.7 Å². The van der Waals surface area contributed by atoms with Gasteiger partial charge in [-0.2, -0.15) is 4.31 Å². The number of rotatable bonds is 5. The lowest BCUT2D eigenvalue weighted by Gasteiger charge is -2.34. The zero-order chi connectivity index (χ0) is 25.5. The number of aryl methyl sites for hydroxylation is 1. The Morgan fingerprint density at radius 1 is 1.11 bits per heavy atom. The number of benzene rings is 1. The minimum Gasteiger partial charge on any atom is -0.312 e. The van der Waals surface area contributed by atoms with Gasteiger partial charge in [0.05, 0.1) is 5.69 Å². The van der Waals surface area contributed by atoms with Crippen molar-refractivity contribution in [2.24, 2.45) is 16.8 Å². The van der Waals surface area contributed by atoms with Crippen LogP contribution < -0.4 is 15.8 Å². The summed E-state index contributed by atoms with van der Waals surface area (Å²) in [6, 6.07) is 5.50. The van der Waals surface area contributed by atoms with Gasteiger partial charge in [-0.05, 0) is 67.9 Å². The molecule has 0 radical (unpaired) electrons. The van der Waals surface area contributed by atoms with Crippen molar-refractivity contribution in [1.82, 2.24) is 15.0 Å². The standard InChI is InChI=1S/C26H35N5O4S/c1-18-3-5-21(6-4-18)24-28-25(33)26(29-24)11-14-30(15-12-26)36(34,35)16-10-20-7-8-22(17-19(20)2)31-23(32)9-13-27-31/h7-8,10,16-18,21,27H,3-6,9,11-15H2,1-2H3,(H,28,29,33)/b16-10+/t18-,21-. The molecule has 2 N–H and O–H groups in total. The number of hydrazine groups is 1. The maximum Gasteiger partial charge on any atom is 0.253 e. The van der Waals surface area contributed by atoms with Crippen LogP contribution in [0.1, 0.15) is 63.0 Å². The Hall–Kier alpha value is -2.56. The fraction of sp³-hybridized carbons (Fsp3) is 0.577. The third-order valence-corrected chi connectivity index (χ3v) is 9.67. The predicted molar refractivity (Wildman–Crippen MR) is 139 cm³/mol. The normalized spacial score (nSPS) is 27.2. The maximum atomic E-state index is 13.1. The molecule has 3 fully saturated rings. The van der Waals surface area contributed by atoms with Crippen LogP contribution >= 0.6 is 0 Å². The summed E-state index contributed by atoms with van der Waals surface area (Å²) in [6.07, 6.45) is 7.25. The number of hydrogen-bond donors (Lipinski definition) is 2. The zero-order valence-corrected chi connectivity index (χ0v) is 21.8. The quantitative estimate of drug-likeness (QED) is 0.629. The first-order valence-corrected chi connectivity index (χ1v) is 14.4. The van der Waals surface area contributed by atoms with E-state index in [0.717, 1.165) is 54.3 Å². The second kappa shape index (κ2) is 9.72. The molecule has 3 aliphatic heterocycles. The molecule has 5 rings (SSSR count). The van der Waals surface area contributed by atoms with E-state index in [0.29, 0.717) is 31.7 Å². The van der Waals surface area contributed by atoms with E-state index < -0.39 is 15.6 Å². The van der Waals surface area contributed by atoms with E-state index in [9.17, 15) is 18.0 Å². The largest absolute Gasteiger partial charge is 0.312 e. The molecule has 9 nitrogen and oxygen atoms in total. The Balaban J connectivity index is 1.23. The molecule has 4 aliphatic rings. The van der Waals surface area contributed by atoms with Gasteiger partial charge in [0.25, 0.3) is 5.91 Å². The first-order valence-electron chi connectivity index (χ1n) is 12.9. The molecule has 36 heavy (non-hydrogen) atoms. The highest BCUT2D eigenvalue weighted by Crippen LogP contribution is 2.36. The predicted octanol–water partition coefficient (Wildman–Crippen LogP) is 2.73. The van der Waals surface area contributed by atoms with E-state index in [4.69, 9.17) is 4.99 Å². The van der Waals surface area contributed by atoms with Crippen molar-refractivity contribution < 1.29 is 18.0 Å². The van der Waals surface area contributed by atoms with Crippen molar-refractivity contribution in [3.8, 4) is 0 Å². The van der Waals surface area contributed by atoms with E-state index in [-0.39, 0.29) is 24.9 Å². The number of piperidine rings is 1. The van der Waals surface area contributed by atoms with Gasteiger partial charge in [-0.25, -0.2) is 18.9 Å². The summed E-state index contributed by atoms with van der Waals surface area (Å²) < 4.78 is 27.6. The maximum absolute atomic E-state index is 13.1. The van der Waals surface area contributed by atoms with Crippen molar-refractivity contribution in [3.63, 3.8) is 0 Å². The molecule has 0 bridgehead atoms. The highest BCUT2D eigenvalue weighted by molar-refractivity contribution is 7.92. The molecule has 1 aromatic carbocycles. The summed E-state index contributed by atoms with van der Waals surface area (Å²) in [6.45, 7) is 5.30. The summed E-state index contributed by atoms with van der Waals surface area (Å²) in [5, 5.41) is 5.80. The molecule has 1 spiro atoms. The molecular weight excluding hydrogens is 478 g/mol. The van der Waals surface area contributed by atoms with Gasteiger partial charge >= 0.3 is 0 Å². The van der Waals surface area contributed by atoms with Crippen molar-refractivity contribution in [1.29, 1.82) is 0 Å². The van der Waals surface area contributed by atoms with Gasteiger partial charge in [-0.15, -0.1) is 0 Å². The number of amidine groups is 1. The van der Waals surface area contributed by atoms with Crippen LogP contribution in [0.5, 0.6) is 0 Å². The van der Waals surface area contributed by atoms with Crippen LogP contribution in [0.2, 0.25) is 0 Å². The minimum absolute atomic E-state index is 0.0175. The van der Waals surface area contributed by atoms with E-state index in [1.165, 1.54) is 14.7 Å². The van der Waals surface area contributed by atoms with Gasteiger partial charge in [-0.1, -0.05) is 25.8 Å². The highest BCUT2D eigenvalue weighted by Gasteiger charge is 2.48. The van der Waals surface area contributed by atoms with Gasteiger partial charge in [0.1, 0.15) is 11.4 Å². The molecule has 2 saturated heterocycles. The van der Waals surface area contributed by atoms with Crippen LogP contribution in [0.3, 0.4) is 0 Å². The SMILES string of the molecule is Cc1cc(N2NCCC2=O)ccc1/C=C/S(=O)(=O)N1CCC2(CC1)N=C([C@H]1CC[C@H](C)CC1)NC2=O. The second-order valence-corrected chi connectivity index (χ2v) is 12.4. The molecule has 0 atom stereocenters. The van der Waals surface area contributed by atoms with Crippen molar-refractivity contribution in [2.75, 3.05) is 24.6 Å². The van der Waals surface area contributed by atoms with E-state index in [1.807, 2.05) is 19.1 Å². The van der Waals surface area contributed by atoms with Crippen molar-refractivity contribution in [3.05, 3.63) is 34.7 Å². The number of carbonyl (C=O) groups is 2. The number of hydrogen-bond acceptors (Lipinski definition) is 6. The van der Waals surface area contributed by atoms with Crippen LogP contribution in [0, 0.1) is 18.8 Å². The second-order valence-electron chi connectivity index (χ2n) is 10.6. The molecule has 10 heteroatoms. The average Bonchev–Trinajstić information content (AvgIpc) is 3.42. The number of anilines is 1. The number of carbonyl (C=O) groups excluding carboxylic acids is 2. The van der Waals surface area contributed by atoms with Crippen LogP contribution in [-0.4, -0.2) is 55.5 Å². The van der Waals surface area contributed by atoms with Gasteiger partial charge in [0.15, 0.2) is 0 Å². The lowest BCUT2D eigenvalue weighted by atomic mass is 9.82. The number of nitrogens with zero attached hydrogens (tertiary/aromatic N) is 3. The Morgan fingerprint density at radius 3 is 2.47 bits per heavy atom. The molecule has 1 aromatic rings. The molecule has 1 aliphatic carbocycles. The van der Waals surface area contributed by atoms with E-state index >= 15 is 0 Å². The summed E-state index contributed by atoms with van der Waals surface area (Å²) in [5.74, 6) is 1.78. The summed E-state index contributed by atoms with van der Waals surface area (Å²) in [5.41, 5.74) is 4.60. The first kappa shape index (κ1) is 25.1. The summed E-state index contributed by atoms with van der Waals surface area (Å²) in [4.78, 5) is 29.7. The molecule has 1 saturated carbocycles. The Morgan fingerprint density at radius 2 is 1.83 bits per heavy atom. The topological polar surface area (TPSA) is 111 Å². The molecule has 3 heterocycles. The first-order chi connectivity index (χ1) is 17.2. The Bertz CT molecular complexity index is 1210. The zero-order valence-electron chi connectivity index (χ0n) is 21.0. The molecule has 2 amide bonds. The lowest BCUT2D eigenvalue weighted by Crippen LogP contribution is -2.50. The van der Waals surface area contributed by atoms with Crippen LogP contribution in [0.15, 0.2) is 28.6 Å². The third-order valence-electron chi connectivity index (χ3n) is 8.10. The Kier molecular flexibility index (Phi) is 6.78. The minimum atomic E-state index is -3.64. The van der Waals surface area contributed by atoms with Gasteiger partial charge < -0.3 is 5.32 Å². The fourth-order valence-corrected chi connectivity index (χ4v) is 6.84. The van der Waals surface area contributed by atoms with Gasteiger partial charge in [-0.3, -0.25) is 14.6 Å². The van der Waals surface area contributed by atoms with Crippen LogP contribution in [-0.2, 0) is 19.6 Å². The molecule has 0 aromatic heterocycles. The highest BCUT2D eigenvalue weighted by atomic mass is 32.2. The molecule has 194 valence electrons. The number of amides is 2. The number of nitrogens with one attached hydrogen (secondary N) is 2. The van der Waals surface area contributed by atoms with Crippen molar-refractivity contribution >= 4 is 39.4 Å². The van der Waals surface area contributed by atoms with Gasteiger partial charge in [0.2, 0.25) is 15.9 Å². The summed E-state index contributed by atoms with van der Waals surface area (Å²) in [7, 11) is -3.64. The smallest absolute Gasteiger partial charge is 0.253 e. The van der Waals surface area contributed by atoms with E-state index in [1.54, 1.807) is 12.1 Å². The number of sulfonamides is 1. The molecular formula is C26H35N5O4S. The van der Waals surface area contributed by atoms with Crippen LogP contribution in [0.4, 0.5) is 5.69 Å². The summed E-state index contributed by atoms with van der Waals surface area (Å²) >= 11 is 0. The fourth-order valence-electron chi connectivity index (χ4n) is 5.66. The van der Waals surface area contributed by atoms with Crippen molar-refractivity contribution in [2.45, 2.75) is 64.3 Å². The third kappa shape index (κ3) is 4.86. The Labute approximate surface area is 213 Å². The number of aliphatic imine (C=N–C) groups is 1. The van der Waals surface area contributed by atoms with Crippen LogP contribution in [0.25, 0.3) is 6.08 Å².